The van der Waals surface area contributed by atoms with Gasteiger partial charge in [-0.05, 0) is 5.46 Å². The lowest BCUT2D eigenvalue weighted by atomic mass is 9.76. The Bertz CT molecular complexity index is 296. The number of benzene rings is 1. The average Bonchev–Trinajstić information content (AvgIpc) is 2.03. The lowest BCUT2D eigenvalue weighted by Gasteiger charge is -2.14. The normalized spacial score (nSPS) is 11.5. The summed E-state index contributed by atoms with van der Waals surface area (Å²) in [6.45, 7) is 0.716. The van der Waals surface area contributed by atoms with Crippen molar-refractivity contribution in [2.24, 2.45) is 0 Å². The van der Waals surface area contributed by atoms with Gasteiger partial charge in [-0.2, -0.15) is 0 Å². The van der Waals surface area contributed by atoms with Crippen molar-refractivity contribution in [1.82, 2.24) is 0 Å². The van der Waals surface area contributed by atoms with Crippen LogP contribution in [0.5, 0.6) is 0 Å². The maximum absolute atomic E-state index is 12.9. The summed E-state index contributed by atoms with van der Waals surface area (Å²) < 4.78 is 25.7. The monoisotopic (exact) mass is 186 g/mol. The molecule has 0 amide bonds. The Balaban J connectivity index is 3.20. The molecule has 1 rings (SSSR count). The molecule has 0 aromatic heterocycles. The second kappa shape index (κ2) is 3.43. The van der Waals surface area contributed by atoms with Crippen LogP contribution < -0.4 is 5.46 Å². The Hall–Kier alpha value is -0.935. The van der Waals surface area contributed by atoms with Gasteiger partial charge in [-0.1, -0.05) is 24.3 Å². The highest BCUT2D eigenvalue weighted by Crippen LogP contribution is 2.25. The lowest BCUT2D eigenvalue weighted by Crippen LogP contribution is -2.36. The molecular formula is C8H9BF2O2. The molecule has 1 aromatic rings. The van der Waals surface area contributed by atoms with Crippen LogP contribution in [-0.4, -0.2) is 17.2 Å². The molecule has 0 spiro atoms. The Kier molecular flexibility index (Phi) is 2.68. The third kappa shape index (κ3) is 2.26. The predicted octanol–water partition coefficient (Wildman–Crippen LogP) is 0.478. The molecule has 5 heteroatoms. The Labute approximate surface area is 75.0 Å². The van der Waals surface area contributed by atoms with E-state index in [1.54, 1.807) is 0 Å². The molecule has 0 atom stereocenters. The minimum absolute atomic E-state index is 0.157. The van der Waals surface area contributed by atoms with Gasteiger partial charge in [0.05, 0.1) is 0 Å². The smallest absolute Gasteiger partial charge is 0.423 e. The number of hydrogen-bond acceptors (Lipinski definition) is 2. The van der Waals surface area contributed by atoms with Crippen LogP contribution in [0, 0.1) is 0 Å². The highest BCUT2D eigenvalue weighted by molar-refractivity contribution is 6.59. The topological polar surface area (TPSA) is 40.5 Å². The second-order valence-electron chi connectivity index (χ2n) is 2.85. The van der Waals surface area contributed by atoms with E-state index in [1.165, 1.54) is 24.3 Å². The third-order valence-corrected chi connectivity index (χ3v) is 1.71. The first-order valence-corrected chi connectivity index (χ1v) is 3.76. The summed E-state index contributed by atoms with van der Waals surface area (Å²) in [6.07, 6.45) is 0. The van der Waals surface area contributed by atoms with Gasteiger partial charge in [0.25, 0.3) is 5.92 Å². The van der Waals surface area contributed by atoms with Crippen molar-refractivity contribution in [3.8, 4) is 0 Å². The van der Waals surface area contributed by atoms with Gasteiger partial charge in [0, 0.05) is 12.5 Å². The zero-order valence-corrected chi connectivity index (χ0v) is 7.04. The van der Waals surface area contributed by atoms with Crippen LogP contribution in [0.4, 0.5) is 8.78 Å². The van der Waals surface area contributed by atoms with Crippen LogP contribution in [0.2, 0.25) is 0 Å². The summed E-state index contributed by atoms with van der Waals surface area (Å²) in [7, 11) is -1.86. The second-order valence-corrected chi connectivity index (χ2v) is 2.85. The van der Waals surface area contributed by atoms with Gasteiger partial charge in [-0.15, -0.1) is 0 Å². The van der Waals surface area contributed by atoms with E-state index in [0.717, 1.165) is 0 Å². The molecule has 13 heavy (non-hydrogen) atoms. The molecule has 2 N–H and O–H groups in total. The first-order chi connectivity index (χ1) is 5.93. The van der Waals surface area contributed by atoms with Gasteiger partial charge in [0.1, 0.15) is 0 Å². The summed E-state index contributed by atoms with van der Waals surface area (Å²) in [6, 6.07) is 5.34. The summed E-state index contributed by atoms with van der Waals surface area (Å²) in [5.41, 5.74) is -0.514. The highest BCUT2D eigenvalue weighted by atomic mass is 19.3. The molecule has 0 bridgehead atoms. The van der Waals surface area contributed by atoms with Crippen molar-refractivity contribution < 1.29 is 18.8 Å². The Morgan fingerprint density at radius 3 is 2.15 bits per heavy atom. The molecule has 0 fully saturated rings. The van der Waals surface area contributed by atoms with Crippen molar-refractivity contribution in [1.29, 1.82) is 0 Å². The number of hydrogen-bond donors (Lipinski definition) is 2. The molecule has 0 saturated carbocycles. The van der Waals surface area contributed by atoms with E-state index in [-0.39, 0.29) is 11.0 Å². The fraction of sp³-hybridized carbons (Fsp3) is 0.250. The molecule has 0 heterocycles. The van der Waals surface area contributed by atoms with Crippen molar-refractivity contribution in [2.75, 3.05) is 0 Å². The van der Waals surface area contributed by atoms with Crippen molar-refractivity contribution in [3.05, 3.63) is 29.8 Å². The molecule has 0 radical (unpaired) electrons. The molecule has 0 aliphatic heterocycles. The van der Waals surface area contributed by atoms with Crippen molar-refractivity contribution in [3.63, 3.8) is 0 Å². The van der Waals surface area contributed by atoms with E-state index in [0.29, 0.717) is 6.92 Å². The van der Waals surface area contributed by atoms with Crippen LogP contribution in [0.1, 0.15) is 12.5 Å². The first kappa shape index (κ1) is 10.1. The number of rotatable bonds is 2. The van der Waals surface area contributed by atoms with E-state index in [4.69, 9.17) is 10.0 Å². The maximum atomic E-state index is 12.9. The molecule has 0 aliphatic rings. The van der Waals surface area contributed by atoms with Gasteiger partial charge < -0.3 is 10.0 Å². The lowest BCUT2D eigenvalue weighted by molar-refractivity contribution is 0.0183. The van der Waals surface area contributed by atoms with E-state index >= 15 is 0 Å². The van der Waals surface area contributed by atoms with Gasteiger partial charge in [0.2, 0.25) is 0 Å². The summed E-state index contributed by atoms with van der Waals surface area (Å²) in [5.74, 6) is -3.06. The standard InChI is InChI=1S/C8H9BF2O2/c1-8(10,11)6-4-2-3-5-7(6)9(12)13/h2-5,12-13H,1H3. The molecular weight excluding hydrogens is 177 g/mol. The SMILES string of the molecule is CC(F)(F)c1ccccc1B(O)O. The molecule has 1 aromatic carbocycles. The number of halogens is 2. The summed E-state index contributed by atoms with van der Waals surface area (Å²) >= 11 is 0. The predicted molar refractivity (Wildman–Crippen MR) is 45.8 cm³/mol. The van der Waals surface area contributed by atoms with E-state index < -0.39 is 13.0 Å². The minimum atomic E-state index is -3.06. The zero-order valence-electron chi connectivity index (χ0n) is 7.04. The molecule has 0 saturated heterocycles. The highest BCUT2D eigenvalue weighted by Gasteiger charge is 2.30. The first-order valence-electron chi connectivity index (χ1n) is 3.76. The zero-order chi connectivity index (χ0) is 10.1. The largest absolute Gasteiger partial charge is 0.488 e. The number of alkyl halides is 2. The molecule has 2 nitrogen and oxygen atoms in total. The van der Waals surface area contributed by atoms with Crippen LogP contribution in [0.3, 0.4) is 0 Å². The molecule has 0 aliphatic carbocycles. The van der Waals surface area contributed by atoms with Crippen LogP contribution >= 0.6 is 0 Å². The summed E-state index contributed by atoms with van der Waals surface area (Å²) in [4.78, 5) is 0. The van der Waals surface area contributed by atoms with Crippen molar-refractivity contribution >= 4 is 12.6 Å². The van der Waals surface area contributed by atoms with Crippen LogP contribution in [-0.2, 0) is 5.92 Å². The van der Waals surface area contributed by atoms with E-state index in [9.17, 15) is 8.78 Å². The van der Waals surface area contributed by atoms with Crippen LogP contribution in [0.15, 0.2) is 24.3 Å². The molecule has 0 unspecified atom stereocenters. The summed E-state index contributed by atoms with van der Waals surface area (Å²) in [5, 5.41) is 17.6. The Morgan fingerprint density at radius 2 is 1.77 bits per heavy atom. The maximum Gasteiger partial charge on any atom is 0.488 e. The Morgan fingerprint density at radius 1 is 1.23 bits per heavy atom. The quantitative estimate of drug-likeness (QED) is 0.659. The third-order valence-electron chi connectivity index (χ3n) is 1.71. The van der Waals surface area contributed by atoms with Gasteiger partial charge in [-0.25, -0.2) is 8.78 Å². The van der Waals surface area contributed by atoms with Gasteiger partial charge in [0.15, 0.2) is 0 Å². The molecule has 70 valence electrons. The average molecular weight is 186 g/mol. The fourth-order valence-corrected chi connectivity index (χ4v) is 1.12. The fourth-order valence-electron chi connectivity index (χ4n) is 1.12. The van der Waals surface area contributed by atoms with E-state index in [2.05, 4.69) is 0 Å². The van der Waals surface area contributed by atoms with Gasteiger partial charge >= 0.3 is 7.12 Å². The minimum Gasteiger partial charge on any atom is -0.423 e. The van der Waals surface area contributed by atoms with E-state index in [1.807, 2.05) is 0 Å². The van der Waals surface area contributed by atoms with Crippen molar-refractivity contribution in [2.45, 2.75) is 12.8 Å². The van der Waals surface area contributed by atoms with Crippen LogP contribution in [0.25, 0.3) is 0 Å². The van der Waals surface area contributed by atoms with Gasteiger partial charge in [-0.3, -0.25) is 0 Å².